The van der Waals surface area contributed by atoms with Crippen molar-refractivity contribution >= 4 is 29.9 Å². The second-order valence-corrected chi connectivity index (χ2v) is 6.60. The second kappa shape index (κ2) is 10.5. The van der Waals surface area contributed by atoms with E-state index in [4.69, 9.17) is 4.99 Å². The van der Waals surface area contributed by atoms with E-state index in [1.54, 1.807) is 0 Å². The third-order valence-corrected chi connectivity index (χ3v) is 4.84. The van der Waals surface area contributed by atoms with Crippen LogP contribution in [0.1, 0.15) is 49.2 Å². The van der Waals surface area contributed by atoms with Crippen LogP contribution in [0.3, 0.4) is 0 Å². The van der Waals surface area contributed by atoms with Crippen molar-refractivity contribution in [3.63, 3.8) is 0 Å². The van der Waals surface area contributed by atoms with Gasteiger partial charge in [0.05, 0.1) is 12.2 Å². The molecule has 1 aromatic carbocycles. The summed E-state index contributed by atoms with van der Waals surface area (Å²) in [7, 11) is 1.97. The number of aromatic nitrogens is 2. The molecule has 0 radical (unpaired) electrons. The van der Waals surface area contributed by atoms with Crippen LogP contribution in [-0.2, 0) is 13.6 Å². The Bertz CT molecular complexity index is 708. The molecular formula is C20H32IN5. The van der Waals surface area contributed by atoms with Crippen molar-refractivity contribution in [1.82, 2.24) is 20.4 Å². The van der Waals surface area contributed by atoms with E-state index in [-0.39, 0.29) is 30.0 Å². The maximum Gasteiger partial charge on any atom is 0.191 e. The molecule has 144 valence electrons. The lowest BCUT2D eigenvalue weighted by molar-refractivity contribution is 0.550. The Kier molecular flexibility index (Phi) is 9.12. The molecule has 2 aromatic rings. The molecule has 0 spiro atoms. The third kappa shape index (κ3) is 5.72. The number of rotatable bonds is 6. The Hall–Kier alpha value is -1.57. The standard InChI is InChI=1S/C20H31N5.HI/c1-7-21-20(22-13-19-16(4)24-25(6)17(19)5)23-15(3)14(2)18-11-9-8-10-12-18;/h8-12,14-15H,7,13H2,1-6H3,(H2,21,22,23);1H. The number of guanidine groups is 1. The lowest BCUT2D eigenvalue weighted by Crippen LogP contribution is -2.44. The molecule has 0 aliphatic carbocycles. The molecule has 0 saturated heterocycles. The number of nitrogens with zero attached hydrogens (tertiary/aromatic N) is 3. The van der Waals surface area contributed by atoms with E-state index in [0.29, 0.717) is 12.5 Å². The van der Waals surface area contributed by atoms with Crippen molar-refractivity contribution in [2.45, 2.75) is 53.1 Å². The molecule has 0 fully saturated rings. The Morgan fingerprint density at radius 2 is 1.85 bits per heavy atom. The number of hydrogen-bond donors (Lipinski definition) is 2. The van der Waals surface area contributed by atoms with Crippen molar-refractivity contribution in [1.29, 1.82) is 0 Å². The molecule has 6 heteroatoms. The number of halogens is 1. The van der Waals surface area contributed by atoms with Gasteiger partial charge < -0.3 is 10.6 Å². The molecule has 2 N–H and O–H groups in total. The van der Waals surface area contributed by atoms with E-state index in [0.717, 1.165) is 18.2 Å². The minimum atomic E-state index is 0. The van der Waals surface area contributed by atoms with Crippen LogP contribution in [-0.4, -0.2) is 28.3 Å². The first-order chi connectivity index (χ1) is 11.9. The number of nitrogens with one attached hydrogen (secondary N) is 2. The molecule has 26 heavy (non-hydrogen) atoms. The zero-order valence-electron chi connectivity index (χ0n) is 16.7. The van der Waals surface area contributed by atoms with E-state index >= 15 is 0 Å². The van der Waals surface area contributed by atoms with Crippen molar-refractivity contribution in [3.8, 4) is 0 Å². The summed E-state index contributed by atoms with van der Waals surface area (Å²) in [6.45, 7) is 12.1. The van der Waals surface area contributed by atoms with Crippen LogP contribution in [0.15, 0.2) is 35.3 Å². The predicted octanol–water partition coefficient (Wildman–Crippen LogP) is 3.90. The van der Waals surface area contributed by atoms with E-state index < -0.39 is 0 Å². The highest BCUT2D eigenvalue weighted by molar-refractivity contribution is 14.0. The van der Waals surface area contributed by atoms with Crippen LogP contribution in [0, 0.1) is 13.8 Å². The molecule has 0 amide bonds. The fraction of sp³-hybridized carbons (Fsp3) is 0.500. The molecule has 0 saturated carbocycles. The molecular weight excluding hydrogens is 437 g/mol. The lowest BCUT2D eigenvalue weighted by Gasteiger charge is -2.24. The van der Waals surface area contributed by atoms with Gasteiger partial charge in [0.25, 0.3) is 0 Å². The van der Waals surface area contributed by atoms with Crippen LogP contribution in [0.2, 0.25) is 0 Å². The Balaban J connectivity index is 0.00000338. The van der Waals surface area contributed by atoms with Gasteiger partial charge >= 0.3 is 0 Å². The van der Waals surface area contributed by atoms with Crippen molar-refractivity contribution < 1.29 is 0 Å². The van der Waals surface area contributed by atoms with E-state index in [1.807, 2.05) is 18.7 Å². The molecule has 0 aliphatic rings. The van der Waals surface area contributed by atoms with Gasteiger partial charge in [0.15, 0.2) is 5.96 Å². The van der Waals surface area contributed by atoms with Crippen LogP contribution in [0.4, 0.5) is 0 Å². The topological polar surface area (TPSA) is 54.2 Å². The Labute approximate surface area is 174 Å². The van der Waals surface area contributed by atoms with Crippen molar-refractivity contribution in [3.05, 3.63) is 52.8 Å². The molecule has 2 unspecified atom stereocenters. The smallest absolute Gasteiger partial charge is 0.191 e. The maximum absolute atomic E-state index is 4.78. The minimum absolute atomic E-state index is 0. The molecule has 2 rings (SSSR count). The molecule has 2 atom stereocenters. The largest absolute Gasteiger partial charge is 0.357 e. The quantitative estimate of drug-likeness (QED) is 0.384. The molecule has 1 aromatic heterocycles. The van der Waals surface area contributed by atoms with Gasteiger partial charge in [0.1, 0.15) is 0 Å². The monoisotopic (exact) mass is 469 g/mol. The third-order valence-electron chi connectivity index (χ3n) is 4.84. The summed E-state index contributed by atoms with van der Waals surface area (Å²) in [5.41, 5.74) is 4.74. The average Bonchev–Trinajstić information content (AvgIpc) is 2.85. The predicted molar refractivity (Wildman–Crippen MR) is 120 cm³/mol. The summed E-state index contributed by atoms with van der Waals surface area (Å²) in [4.78, 5) is 4.78. The summed E-state index contributed by atoms with van der Waals surface area (Å²) in [6.07, 6.45) is 0. The van der Waals surface area contributed by atoms with Crippen LogP contribution in [0.5, 0.6) is 0 Å². The molecule has 0 aliphatic heterocycles. The average molecular weight is 469 g/mol. The Morgan fingerprint density at radius 1 is 1.19 bits per heavy atom. The van der Waals surface area contributed by atoms with E-state index in [1.165, 1.54) is 16.8 Å². The van der Waals surface area contributed by atoms with Gasteiger partial charge in [0.2, 0.25) is 0 Å². The van der Waals surface area contributed by atoms with Gasteiger partial charge in [0, 0.05) is 36.8 Å². The Morgan fingerprint density at radius 3 is 2.38 bits per heavy atom. The number of aliphatic imine (C=N–C) groups is 1. The van der Waals surface area contributed by atoms with Gasteiger partial charge in [-0.1, -0.05) is 37.3 Å². The van der Waals surface area contributed by atoms with Gasteiger partial charge in [-0.15, -0.1) is 24.0 Å². The first kappa shape index (κ1) is 22.5. The van der Waals surface area contributed by atoms with Gasteiger partial charge in [-0.25, -0.2) is 4.99 Å². The molecule has 5 nitrogen and oxygen atoms in total. The summed E-state index contributed by atoms with van der Waals surface area (Å²) < 4.78 is 1.92. The van der Waals surface area contributed by atoms with Crippen LogP contribution < -0.4 is 10.6 Å². The fourth-order valence-corrected chi connectivity index (χ4v) is 2.91. The van der Waals surface area contributed by atoms with Crippen LogP contribution >= 0.6 is 24.0 Å². The molecule has 1 heterocycles. The summed E-state index contributed by atoms with van der Waals surface area (Å²) >= 11 is 0. The highest BCUT2D eigenvalue weighted by Gasteiger charge is 2.16. The van der Waals surface area contributed by atoms with E-state index in [9.17, 15) is 0 Å². The first-order valence-corrected chi connectivity index (χ1v) is 9.02. The normalized spacial score (nSPS) is 13.7. The minimum Gasteiger partial charge on any atom is -0.357 e. The summed E-state index contributed by atoms with van der Waals surface area (Å²) in [5, 5.41) is 11.4. The highest BCUT2D eigenvalue weighted by atomic mass is 127. The number of benzene rings is 1. The van der Waals surface area contributed by atoms with Crippen molar-refractivity contribution in [2.24, 2.45) is 12.0 Å². The zero-order valence-corrected chi connectivity index (χ0v) is 19.0. The zero-order chi connectivity index (χ0) is 18.4. The lowest BCUT2D eigenvalue weighted by atomic mass is 9.94. The number of aryl methyl sites for hydroxylation is 2. The molecule has 0 bridgehead atoms. The maximum atomic E-state index is 4.78. The van der Waals surface area contributed by atoms with E-state index in [2.05, 4.69) is 73.8 Å². The summed E-state index contributed by atoms with van der Waals surface area (Å²) in [5.74, 6) is 1.24. The van der Waals surface area contributed by atoms with Crippen molar-refractivity contribution in [2.75, 3.05) is 6.54 Å². The van der Waals surface area contributed by atoms with Gasteiger partial charge in [-0.05, 0) is 33.3 Å². The van der Waals surface area contributed by atoms with Gasteiger partial charge in [-0.2, -0.15) is 5.10 Å². The highest BCUT2D eigenvalue weighted by Crippen LogP contribution is 2.18. The fourth-order valence-electron chi connectivity index (χ4n) is 2.91. The SMILES string of the molecule is CCNC(=NCc1c(C)nn(C)c1C)NC(C)C(C)c1ccccc1.I. The number of hydrogen-bond acceptors (Lipinski definition) is 2. The first-order valence-electron chi connectivity index (χ1n) is 9.02. The summed E-state index contributed by atoms with van der Waals surface area (Å²) in [6, 6.07) is 10.9. The van der Waals surface area contributed by atoms with Crippen LogP contribution in [0.25, 0.3) is 0 Å². The van der Waals surface area contributed by atoms with Gasteiger partial charge in [-0.3, -0.25) is 4.68 Å². The second-order valence-electron chi connectivity index (χ2n) is 6.60.